The van der Waals surface area contributed by atoms with Crippen molar-refractivity contribution in [2.24, 2.45) is 0 Å². The molecule has 0 aliphatic carbocycles. The van der Waals surface area contributed by atoms with Crippen LogP contribution in [-0.4, -0.2) is 18.4 Å². The molecule has 1 heterocycles. The van der Waals surface area contributed by atoms with Gasteiger partial charge in [-0.3, -0.25) is 9.59 Å². The van der Waals surface area contributed by atoms with E-state index < -0.39 is 11.8 Å². The topological polar surface area (TPSA) is 58.6 Å². The van der Waals surface area contributed by atoms with Gasteiger partial charge in [-0.15, -0.1) is 0 Å². The number of carbonyl (C=O) groups excluding carboxylic acids is 2. The molecule has 4 rings (SSSR count). The molecule has 3 aromatic rings. The van der Waals surface area contributed by atoms with Crippen LogP contribution in [0.3, 0.4) is 0 Å². The molecule has 0 atom stereocenters. The Morgan fingerprint density at radius 1 is 0.939 bits per heavy atom. The number of para-hydroxylation sites is 2. The molecule has 0 unspecified atom stereocenters. The minimum absolute atomic E-state index is 0.182. The Morgan fingerprint density at radius 2 is 1.64 bits per heavy atom. The summed E-state index contributed by atoms with van der Waals surface area (Å²) in [4.78, 5) is 29.3. The Balaban J connectivity index is 1.78. The van der Waals surface area contributed by atoms with E-state index >= 15 is 0 Å². The number of halogens is 2. The van der Waals surface area contributed by atoms with Crippen molar-refractivity contribution >= 4 is 58.2 Å². The summed E-state index contributed by atoms with van der Waals surface area (Å²) >= 11 is 13.3. The van der Waals surface area contributed by atoms with Crippen molar-refractivity contribution in [2.45, 2.75) is 18.7 Å². The number of ether oxygens (including phenoxy) is 1. The van der Waals surface area contributed by atoms with E-state index in [9.17, 15) is 9.59 Å². The molecule has 0 aromatic heterocycles. The lowest BCUT2D eigenvalue weighted by molar-refractivity contribution is -0.120. The third kappa shape index (κ3) is 4.88. The number of rotatable bonds is 7. The first-order chi connectivity index (χ1) is 15.9. The number of nitrogens with one attached hydrogen (secondary N) is 1. The van der Waals surface area contributed by atoms with Gasteiger partial charge in [0.1, 0.15) is 16.4 Å². The first-order valence-electron chi connectivity index (χ1n) is 10.2. The smallest absolute Gasteiger partial charge is 0.283 e. The zero-order valence-corrected chi connectivity index (χ0v) is 20.2. The van der Waals surface area contributed by atoms with Crippen molar-refractivity contribution in [3.63, 3.8) is 0 Å². The second-order valence-electron chi connectivity index (χ2n) is 7.19. The summed E-state index contributed by atoms with van der Waals surface area (Å²) in [6.07, 6.45) is 0. The molecule has 1 N–H and O–H groups in total. The lowest BCUT2D eigenvalue weighted by Crippen LogP contribution is -2.33. The van der Waals surface area contributed by atoms with Gasteiger partial charge in [-0.1, -0.05) is 47.1 Å². The highest BCUT2D eigenvalue weighted by Gasteiger charge is 2.41. The normalized spacial score (nSPS) is 13.6. The van der Waals surface area contributed by atoms with Crippen LogP contribution in [0.5, 0.6) is 5.75 Å². The Morgan fingerprint density at radius 3 is 2.33 bits per heavy atom. The number of hydrogen-bond acceptors (Lipinski definition) is 5. The van der Waals surface area contributed by atoms with E-state index in [0.717, 1.165) is 10.5 Å². The number of hydrogen-bond donors (Lipinski definition) is 1. The molecule has 3 aromatic carbocycles. The van der Waals surface area contributed by atoms with Gasteiger partial charge in [0.15, 0.2) is 0 Å². The fourth-order valence-corrected chi connectivity index (χ4v) is 4.69. The van der Waals surface area contributed by atoms with Gasteiger partial charge in [0.05, 0.1) is 18.0 Å². The summed E-state index contributed by atoms with van der Waals surface area (Å²) in [5.41, 5.74) is 1.98. The number of anilines is 2. The van der Waals surface area contributed by atoms with Crippen LogP contribution in [0.15, 0.2) is 82.2 Å². The Labute approximate surface area is 206 Å². The van der Waals surface area contributed by atoms with E-state index in [-0.39, 0.29) is 10.6 Å². The number of amides is 2. The predicted octanol–water partition coefficient (Wildman–Crippen LogP) is 6.69. The molecule has 1 aliphatic rings. The van der Waals surface area contributed by atoms with Gasteiger partial charge in [-0.2, -0.15) is 0 Å². The van der Waals surface area contributed by atoms with Gasteiger partial charge in [0.2, 0.25) is 0 Å². The van der Waals surface area contributed by atoms with Gasteiger partial charge in [-0.05, 0) is 74.0 Å². The molecule has 8 heteroatoms. The molecule has 5 nitrogen and oxygen atoms in total. The summed E-state index contributed by atoms with van der Waals surface area (Å²) in [5, 5.41) is 4.27. The molecule has 0 spiro atoms. The quantitative estimate of drug-likeness (QED) is 0.367. The van der Waals surface area contributed by atoms with Crippen LogP contribution in [0, 0.1) is 6.92 Å². The van der Waals surface area contributed by atoms with E-state index in [1.54, 1.807) is 54.6 Å². The van der Waals surface area contributed by atoms with Crippen molar-refractivity contribution < 1.29 is 14.3 Å². The van der Waals surface area contributed by atoms with E-state index in [4.69, 9.17) is 27.9 Å². The van der Waals surface area contributed by atoms with Crippen LogP contribution in [-0.2, 0) is 9.59 Å². The Bertz CT molecular complexity index is 1260. The fraction of sp³-hybridized carbons (Fsp3) is 0.120. The second kappa shape index (κ2) is 9.91. The number of aryl methyl sites for hydroxylation is 1. The molecule has 1 aliphatic heterocycles. The van der Waals surface area contributed by atoms with E-state index in [1.807, 2.05) is 26.0 Å². The molecule has 168 valence electrons. The number of thioether (sulfide) groups is 1. The second-order valence-corrected chi connectivity index (χ2v) is 9.15. The van der Waals surface area contributed by atoms with Crippen molar-refractivity contribution in [1.82, 2.24) is 0 Å². The van der Waals surface area contributed by atoms with E-state index in [1.165, 1.54) is 16.7 Å². The molecule has 33 heavy (non-hydrogen) atoms. The van der Waals surface area contributed by atoms with Crippen molar-refractivity contribution in [3.8, 4) is 5.75 Å². The molecule has 0 saturated heterocycles. The fourth-order valence-electron chi connectivity index (χ4n) is 3.41. The standard InChI is InChI=1S/C25H20Cl2N2O3S/c1-3-32-21-7-5-4-6-19(21)28-22-23(33-18-11-8-16(26)9-12-18)25(31)29(24(22)30)20-13-10-17(27)14-15(20)2/h4-14,28H,3H2,1-2H3. The molecule has 0 fully saturated rings. The van der Waals surface area contributed by atoms with Crippen molar-refractivity contribution in [3.05, 3.63) is 92.9 Å². The first kappa shape index (κ1) is 23.2. The van der Waals surface area contributed by atoms with Crippen LogP contribution in [0.4, 0.5) is 11.4 Å². The lowest BCUT2D eigenvalue weighted by Gasteiger charge is -2.18. The lowest BCUT2D eigenvalue weighted by atomic mass is 10.2. The zero-order chi connectivity index (χ0) is 23.5. The van der Waals surface area contributed by atoms with Crippen LogP contribution < -0.4 is 15.0 Å². The van der Waals surface area contributed by atoms with Crippen molar-refractivity contribution in [1.29, 1.82) is 0 Å². The maximum absolute atomic E-state index is 13.6. The maximum Gasteiger partial charge on any atom is 0.283 e. The highest BCUT2D eigenvalue weighted by Crippen LogP contribution is 2.40. The van der Waals surface area contributed by atoms with Gasteiger partial charge in [0.25, 0.3) is 11.8 Å². The van der Waals surface area contributed by atoms with Gasteiger partial charge >= 0.3 is 0 Å². The Kier molecular flexibility index (Phi) is 6.98. The minimum atomic E-state index is -0.451. The molecule has 0 saturated carbocycles. The number of nitrogens with zero attached hydrogens (tertiary/aromatic N) is 1. The van der Waals surface area contributed by atoms with Crippen LogP contribution in [0.2, 0.25) is 10.0 Å². The van der Waals surface area contributed by atoms with Gasteiger partial charge < -0.3 is 10.1 Å². The molecule has 2 amide bonds. The first-order valence-corrected chi connectivity index (χ1v) is 11.8. The zero-order valence-electron chi connectivity index (χ0n) is 17.9. The average Bonchev–Trinajstić information content (AvgIpc) is 3.01. The van der Waals surface area contributed by atoms with E-state index in [0.29, 0.717) is 33.8 Å². The summed E-state index contributed by atoms with van der Waals surface area (Å²) in [6, 6.07) is 19.4. The molecule has 0 bridgehead atoms. The van der Waals surface area contributed by atoms with E-state index in [2.05, 4.69) is 5.32 Å². The summed E-state index contributed by atoms with van der Waals surface area (Å²) in [5.74, 6) is -0.278. The molecular formula is C25H20Cl2N2O3S. The average molecular weight is 499 g/mol. The molecular weight excluding hydrogens is 479 g/mol. The monoisotopic (exact) mass is 498 g/mol. The molecule has 0 radical (unpaired) electrons. The summed E-state index contributed by atoms with van der Waals surface area (Å²) in [6.45, 7) is 4.16. The number of benzene rings is 3. The summed E-state index contributed by atoms with van der Waals surface area (Å²) in [7, 11) is 0. The van der Waals surface area contributed by atoms with Crippen molar-refractivity contribution in [2.75, 3.05) is 16.8 Å². The van der Waals surface area contributed by atoms with Crippen LogP contribution in [0.1, 0.15) is 12.5 Å². The highest BCUT2D eigenvalue weighted by molar-refractivity contribution is 8.04. The Hall–Kier alpha value is -2.93. The van der Waals surface area contributed by atoms with Crippen LogP contribution >= 0.6 is 35.0 Å². The number of carbonyl (C=O) groups is 2. The SMILES string of the molecule is CCOc1ccccc1NC1=C(Sc2ccc(Cl)cc2)C(=O)N(c2ccc(Cl)cc2C)C1=O. The predicted molar refractivity (Wildman–Crippen MR) is 134 cm³/mol. The largest absolute Gasteiger partial charge is 0.492 e. The summed E-state index contributed by atoms with van der Waals surface area (Å²) < 4.78 is 5.69. The number of imide groups is 1. The highest BCUT2D eigenvalue weighted by atomic mass is 35.5. The minimum Gasteiger partial charge on any atom is -0.492 e. The van der Waals surface area contributed by atoms with Gasteiger partial charge in [-0.25, -0.2) is 4.90 Å². The third-order valence-corrected chi connectivity index (χ3v) is 6.50. The van der Waals surface area contributed by atoms with Gasteiger partial charge in [0, 0.05) is 14.9 Å². The van der Waals surface area contributed by atoms with Crippen LogP contribution in [0.25, 0.3) is 0 Å². The third-order valence-electron chi connectivity index (χ3n) is 4.92. The maximum atomic E-state index is 13.6.